The summed E-state index contributed by atoms with van der Waals surface area (Å²) in [7, 11) is 0. The number of aromatic nitrogens is 1. The summed E-state index contributed by atoms with van der Waals surface area (Å²) in [6.07, 6.45) is 0. The first-order chi connectivity index (χ1) is 12.5. The first-order valence-corrected chi connectivity index (χ1v) is 9.34. The van der Waals surface area contributed by atoms with E-state index in [1.807, 2.05) is 44.2 Å². The molecule has 1 fully saturated rings. The van der Waals surface area contributed by atoms with Crippen LogP contribution in [0.25, 0.3) is 0 Å². The number of aryl methyl sites for hydroxylation is 1. The Bertz CT molecular complexity index is 837. The fourth-order valence-electron chi connectivity index (χ4n) is 3.35. The van der Waals surface area contributed by atoms with Crippen molar-refractivity contribution in [1.29, 1.82) is 0 Å². The van der Waals surface area contributed by atoms with Crippen molar-refractivity contribution in [2.24, 2.45) is 0 Å². The van der Waals surface area contributed by atoms with Gasteiger partial charge in [0, 0.05) is 50.0 Å². The Kier molecular flexibility index (Phi) is 5.79. The van der Waals surface area contributed by atoms with Gasteiger partial charge < -0.3 is 9.47 Å². The van der Waals surface area contributed by atoms with Gasteiger partial charge in [0.05, 0.1) is 0 Å². The van der Waals surface area contributed by atoms with Crippen LogP contribution in [0, 0.1) is 6.92 Å². The highest BCUT2D eigenvalue weighted by Gasteiger charge is 2.24. The normalized spacial score (nSPS) is 15.3. The van der Waals surface area contributed by atoms with Crippen molar-refractivity contribution < 1.29 is 4.79 Å². The molecule has 2 aromatic rings. The fourth-order valence-corrected chi connectivity index (χ4v) is 3.48. The summed E-state index contributed by atoms with van der Waals surface area (Å²) in [5.74, 6) is -0.164. The Hall–Kier alpha value is -2.11. The number of carbonyl (C=O) groups is 1. The maximum atomic E-state index is 12.8. The minimum atomic E-state index is -0.193. The van der Waals surface area contributed by atoms with Crippen molar-refractivity contribution in [2.45, 2.75) is 26.9 Å². The number of hydrogen-bond donors (Lipinski definition) is 0. The number of pyridine rings is 1. The first kappa shape index (κ1) is 18.7. The number of amides is 1. The summed E-state index contributed by atoms with van der Waals surface area (Å²) in [6, 6.07) is 11.3. The van der Waals surface area contributed by atoms with Gasteiger partial charge in [0.15, 0.2) is 0 Å². The van der Waals surface area contributed by atoms with Crippen LogP contribution in [0.1, 0.15) is 28.5 Å². The molecular formula is C20H24ClN3O2. The van der Waals surface area contributed by atoms with Crippen LogP contribution in [0.3, 0.4) is 0 Å². The van der Waals surface area contributed by atoms with Crippen LogP contribution in [0.4, 0.5) is 0 Å². The van der Waals surface area contributed by atoms with Gasteiger partial charge in [-0.1, -0.05) is 23.7 Å². The molecule has 0 saturated carbocycles. The predicted octanol–water partition coefficient (Wildman–Crippen LogP) is 2.79. The van der Waals surface area contributed by atoms with Gasteiger partial charge in [0.25, 0.3) is 11.5 Å². The third kappa shape index (κ3) is 4.00. The maximum absolute atomic E-state index is 12.8. The molecule has 1 aromatic carbocycles. The van der Waals surface area contributed by atoms with E-state index in [0.717, 1.165) is 30.4 Å². The van der Waals surface area contributed by atoms with E-state index in [2.05, 4.69) is 4.90 Å². The van der Waals surface area contributed by atoms with Gasteiger partial charge in [-0.15, -0.1) is 0 Å². The molecule has 0 spiro atoms. The zero-order valence-electron chi connectivity index (χ0n) is 15.2. The molecular weight excluding hydrogens is 350 g/mol. The molecule has 0 N–H and O–H groups in total. The number of piperazine rings is 1. The van der Waals surface area contributed by atoms with Crippen LogP contribution in [0.2, 0.25) is 5.02 Å². The number of rotatable bonds is 4. The molecule has 1 aromatic heterocycles. The molecule has 2 heterocycles. The molecule has 26 heavy (non-hydrogen) atoms. The molecule has 1 aliphatic rings. The van der Waals surface area contributed by atoms with Gasteiger partial charge in [-0.3, -0.25) is 14.5 Å². The van der Waals surface area contributed by atoms with Gasteiger partial charge >= 0.3 is 0 Å². The minimum Gasteiger partial charge on any atom is -0.336 e. The highest BCUT2D eigenvalue weighted by Crippen LogP contribution is 2.14. The number of nitrogens with zero attached hydrogens (tertiary/aromatic N) is 3. The Labute approximate surface area is 158 Å². The Morgan fingerprint density at radius 2 is 1.69 bits per heavy atom. The van der Waals surface area contributed by atoms with Crippen LogP contribution in [-0.4, -0.2) is 46.5 Å². The van der Waals surface area contributed by atoms with Gasteiger partial charge in [-0.25, -0.2) is 0 Å². The molecule has 3 rings (SSSR count). The molecule has 0 unspecified atom stereocenters. The maximum Gasteiger partial charge on any atom is 0.263 e. The lowest BCUT2D eigenvalue weighted by Crippen LogP contribution is -2.49. The van der Waals surface area contributed by atoms with E-state index in [4.69, 9.17) is 11.6 Å². The molecule has 0 radical (unpaired) electrons. The second-order valence-electron chi connectivity index (χ2n) is 6.63. The van der Waals surface area contributed by atoms with Crippen molar-refractivity contribution in [3.63, 3.8) is 0 Å². The fraction of sp³-hybridized carbons (Fsp3) is 0.400. The van der Waals surface area contributed by atoms with E-state index in [1.165, 1.54) is 5.56 Å². The average molecular weight is 374 g/mol. The van der Waals surface area contributed by atoms with Crippen molar-refractivity contribution in [3.05, 3.63) is 68.6 Å². The lowest BCUT2D eigenvalue weighted by molar-refractivity contribution is 0.0626. The third-order valence-electron chi connectivity index (χ3n) is 4.92. The van der Waals surface area contributed by atoms with E-state index in [0.29, 0.717) is 19.6 Å². The monoisotopic (exact) mass is 373 g/mol. The lowest BCUT2D eigenvalue weighted by Gasteiger charge is -2.34. The van der Waals surface area contributed by atoms with E-state index in [9.17, 15) is 9.59 Å². The van der Waals surface area contributed by atoms with Crippen LogP contribution in [-0.2, 0) is 13.1 Å². The molecule has 1 amide bonds. The molecule has 6 heteroatoms. The van der Waals surface area contributed by atoms with Crippen LogP contribution in [0.15, 0.2) is 41.2 Å². The van der Waals surface area contributed by atoms with Crippen LogP contribution < -0.4 is 5.56 Å². The molecule has 0 atom stereocenters. The SMILES string of the molecule is CCn1c(C)ccc(C(=O)N2CCN(Cc3ccc(Cl)cc3)CC2)c1=O. The summed E-state index contributed by atoms with van der Waals surface area (Å²) in [4.78, 5) is 29.4. The van der Waals surface area contributed by atoms with E-state index >= 15 is 0 Å². The zero-order valence-corrected chi connectivity index (χ0v) is 16.0. The molecule has 138 valence electrons. The van der Waals surface area contributed by atoms with Gasteiger partial charge in [0.1, 0.15) is 5.56 Å². The van der Waals surface area contributed by atoms with Gasteiger partial charge in [-0.05, 0) is 43.7 Å². The first-order valence-electron chi connectivity index (χ1n) is 8.96. The Morgan fingerprint density at radius 1 is 1.04 bits per heavy atom. The van der Waals surface area contributed by atoms with E-state index in [1.54, 1.807) is 15.5 Å². The predicted molar refractivity (Wildman–Crippen MR) is 104 cm³/mol. The third-order valence-corrected chi connectivity index (χ3v) is 5.17. The van der Waals surface area contributed by atoms with Crippen molar-refractivity contribution in [3.8, 4) is 0 Å². The highest BCUT2D eigenvalue weighted by atomic mass is 35.5. The summed E-state index contributed by atoms with van der Waals surface area (Å²) in [6.45, 7) is 8.06. The second kappa shape index (κ2) is 8.06. The van der Waals surface area contributed by atoms with Crippen LogP contribution >= 0.6 is 11.6 Å². The number of halogens is 1. The smallest absolute Gasteiger partial charge is 0.263 e. The Balaban J connectivity index is 1.64. The second-order valence-corrected chi connectivity index (χ2v) is 7.07. The zero-order chi connectivity index (χ0) is 18.7. The van der Waals surface area contributed by atoms with E-state index < -0.39 is 0 Å². The average Bonchev–Trinajstić information content (AvgIpc) is 2.64. The summed E-state index contributed by atoms with van der Waals surface area (Å²) < 4.78 is 1.64. The van der Waals surface area contributed by atoms with Crippen molar-refractivity contribution in [2.75, 3.05) is 26.2 Å². The highest BCUT2D eigenvalue weighted by molar-refractivity contribution is 6.30. The van der Waals surface area contributed by atoms with Crippen LogP contribution in [0.5, 0.6) is 0 Å². The van der Waals surface area contributed by atoms with Gasteiger partial charge in [-0.2, -0.15) is 0 Å². The molecule has 0 aliphatic carbocycles. The minimum absolute atomic E-state index is 0.164. The number of carbonyl (C=O) groups excluding carboxylic acids is 1. The molecule has 1 aliphatic heterocycles. The molecule has 1 saturated heterocycles. The topological polar surface area (TPSA) is 45.6 Å². The van der Waals surface area contributed by atoms with E-state index in [-0.39, 0.29) is 17.0 Å². The largest absolute Gasteiger partial charge is 0.336 e. The lowest BCUT2D eigenvalue weighted by atomic mass is 10.1. The summed E-state index contributed by atoms with van der Waals surface area (Å²) in [5.41, 5.74) is 2.16. The summed E-state index contributed by atoms with van der Waals surface area (Å²) in [5, 5.41) is 0.736. The standard InChI is InChI=1S/C20H24ClN3O2/c1-3-24-15(2)4-9-18(20(24)26)19(25)23-12-10-22(11-13-23)14-16-5-7-17(21)8-6-16/h4-9H,3,10-14H2,1-2H3. The summed E-state index contributed by atoms with van der Waals surface area (Å²) >= 11 is 5.93. The molecule has 0 bridgehead atoms. The van der Waals surface area contributed by atoms with Crippen molar-refractivity contribution in [1.82, 2.24) is 14.4 Å². The Morgan fingerprint density at radius 3 is 2.31 bits per heavy atom. The number of benzene rings is 1. The number of hydrogen-bond acceptors (Lipinski definition) is 3. The van der Waals surface area contributed by atoms with Crippen molar-refractivity contribution >= 4 is 17.5 Å². The quantitative estimate of drug-likeness (QED) is 0.827. The molecule has 5 nitrogen and oxygen atoms in total. The van der Waals surface area contributed by atoms with Gasteiger partial charge in [0.2, 0.25) is 0 Å².